The molecule has 0 saturated carbocycles. The molecule has 0 aliphatic carbocycles. The average Bonchev–Trinajstić information content (AvgIpc) is 2.56. The topological polar surface area (TPSA) is 15.6 Å². The van der Waals surface area contributed by atoms with E-state index < -0.39 is 17.6 Å². The Morgan fingerprint density at radius 2 is 1.77 bits per heavy atom. The van der Waals surface area contributed by atoms with E-state index in [1.165, 1.54) is 0 Å². The number of rotatable bonds is 5. The van der Waals surface area contributed by atoms with Crippen LogP contribution in [0.25, 0.3) is 0 Å². The van der Waals surface area contributed by atoms with E-state index in [1.807, 2.05) is 18.9 Å². The summed E-state index contributed by atoms with van der Waals surface area (Å²) in [4.78, 5) is 6.07. The van der Waals surface area contributed by atoms with Crippen molar-refractivity contribution in [2.24, 2.45) is 4.99 Å². The fourth-order valence-electron chi connectivity index (χ4n) is 2.13. The van der Waals surface area contributed by atoms with Crippen LogP contribution in [0, 0.1) is 5.82 Å². The number of hydrogen-bond acceptors (Lipinski definition) is 1. The normalized spacial score (nSPS) is 12.0. The minimum Gasteiger partial charge on any atom is -0.366 e. The fourth-order valence-corrected chi connectivity index (χ4v) is 2.59. The zero-order valence-electron chi connectivity index (χ0n) is 14.0. The summed E-state index contributed by atoms with van der Waals surface area (Å²) in [5.41, 5.74) is 0.0114. The van der Waals surface area contributed by atoms with Crippen molar-refractivity contribution in [3.05, 3.63) is 62.9 Å². The zero-order valence-corrected chi connectivity index (χ0v) is 15.6. The summed E-state index contributed by atoms with van der Waals surface area (Å²) in [5, 5.41) is 0.623. The van der Waals surface area contributed by atoms with Gasteiger partial charge in [0.1, 0.15) is 5.82 Å². The highest BCUT2D eigenvalue weighted by atomic mass is 35.5. The molecule has 0 bridgehead atoms. The van der Waals surface area contributed by atoms with Gasteiger partial charge >= 0.3 is 6.18 Å². The lowest BCUT2D eigenvalue weighted by Gasteiger charge is -2.12. The zero-order chi connectivity index (χ0) is 19.5. The SMILES string of the molecule is CCN(C)C=Nc1cc(Cl)c(Cc2ccc(C(F)(F)F)cc2F)cc1Cl. The number of alkyl halides is 3. The van der Waals surface area contributed by atoms with Crippen molar-refractivity contribution < 1.29 is 17.6 Å². The van der Waals surface area contributed by atoms with E-state index >= 15 is 0 Å². The van der Waals surface area contributed by atoms with Crippen molar-refractivity contribution in [3.8, 4) is 0 Å². The predicted molar refractivity (Wildman–Crippen MR) is 97.1 cm³/mol. The lowest BCUT2D eigenvalue weighted by molar-refractivity contribution is -0.137. The Balaban J connectivity index is 2.28. The van der Waals surface area contributed by atoms with Gasteiger partial charge in [-0.25, -0.2) is 9.38 Å². The van der Waals surface area contributed by atoms with Gasteiger partial charge in [-0.3, -0.25) is 0 Å². The monoisotopic (exact) mass is 406 g/mol. The molecule has 0 aliphatic heterocycles. The first kappa shape index (κ1) is 20.5. The summed E-state index contributed by atoms with van der Waals surface area (Å²) < 4.78 is 51.9. The first-order chi connectivity index (χ1) is 12.1. The highest BCUT2D eigenvalue weighted by molar-refractivity contribution is 6.35. The van der Waals surface area contributed by atoms with Crippen LogP contribution in [-0.2, 0) is 12.6 Å². The van der Waals surface area contributed by atoms with Gasteiger partial charge in [-0.1, -0.05) is 29.3 Å². The third kappa shape index (κ3) is 5.11. The molecule has 2 aromatic rings. The van der Waals surface area contributed by atoms with Crippen LogP contribution >= 0.6 is 23.2 Å². The maximum absolute atomic E-state index is 14.0. The lowest BCUT2D eigenvalue weighted by Crippen LogP contribution is -2.14. The van der Waals surface area contributed by atoms with Gasteiger partial charge in [0.25, 0.3) is 0 Å². The summed E-state index contributed by atoms with van der Waals surface area (Å²) in [6.45, 7) is 2.72. The average molecular weight is 407 g/mol. The molecule has 2 rings (SSSR count). The molecule has 140 valence electrons. The molecule has 0 N–H and O–H groups in total. The van der Waals surface area contributed by atoms with Crippen molar-refractivity contribution in [1.82, 2.24) is 4.90 Å². The molecule has 0 unspecified atom stereocenters. The van der Waals surface area contributed by atoms with Gasteiger partial charge in [0.2, 0.25) is 0 Å². The van der Waals surface area contributed by atoms with E-state index in [4.69, 9.17) is 23.2 Å². The third-order valence-electron chi connectivity index (χ3n) is 3.77. The van der Waals surface area contributed by atoms with Gasteiger partial charge in [0.15, 0.2) is 0 Å². The number of aliphatic imine (C=N–C) groups is 1. The number of nitrogens with zero attached hydrogens (tertiary/aromatic N) is 2. The molecule has 0 atom stereocenters. The molecule has 26 heavy (non-hydrogen) atoms. The maximum Gasteiger partial charge on any atom is 0.416 e. The van der Waals surface area contributed by atoms with E-state index in [2.05, 4.69) is 4.99 Å². The fraction of sp³-hybridized carbons (Fsp3) is 0.278. The maximum atomic E-state index is 14.0. The van der Waals surface area contributed by atoms with Crippen LogP contribution < -0.4 is 0 Å². The van der Waals surface area contributed by atoms with Gasteiger partial charge in [0, 0.05) is 25.0 Å². The van der Waals surface area contributed by atoms with Gasteiger partial charge in [-0.15, -0.1) is 0 Å². The van der Waals surface area contributed by atoms with E-state index in [0.717, 1.165) is 18.7 Å². The van der Waals surface area contributed by atoms with Crippen LogP contribution in [0.1, 0.15) is 23.6 Å². The highest BCUT2D eigenvalue weighted by Gasteiger charge is 2.31. The number of halogens is 6. The van der Waals surface area contributed by atoms with Crippen LogP contribution in [0.3, 0.4) is 0 Å². The summed E-state index contributed by atoms with van der Waals surface area (Å²) in [7, 11) is 1.85. The Hall–Kier alpha value is -1.79. The van der Waals surface area contributed by atoms with Crippen molar-refractivity contribution in [1.29, 1.82) is 0 Å². The molecular formula is C18H16Cl2F4N2. The number of hydrogen-bond donors (Lipinski definition) is 0. The van der Waals surface area contributed by atoms with Gasteiger partial charge in [-0.2, -0.15) is 13.2 Å². The molecule has 2 aromatic carbocycles. The first-order valence-corrected chi connectivity index (χ1v) is 8.45. The Labute approximate surface area is 159 Å². The molecule has 0 amide bonds. The van der Waals surface area contributed by atoms with Crippen LogP contribution in [0.2, 0.25) is 10.0 Å². The third-order valence-corrected chi connectivity index (χ3v) is 4.42. The van der Waals surface area contributed by atoms with Crippen molar-refractivity contribution in [3.63, 3.8) is 0 Å². The largest absolute Gasteiger partial charge is 0.416 e. The van der Waals surface area contributed by atoms with Crippen molar-refractivity contribution in [2.45, 2.75) is 19.5 Å². The van der Waals surface area contributed by atoms with Crippen LogP contribution in [-0.4, -0.2) is 24.8 Å². The number of benzene rings is 2. The molecule has 0 heterocycles. The van der Waals surface area contributed by atoms with Crippen LogP contribution in [0.4, 0.5) is 23.2 Å². The highest BCUT2D eigenvalue weighted by Crippen LogP contribution is 2.34. The Bertz CT molecular complexity index is 820. The predicted octanol–water partition coefficient (Wildman–Crippen LogP) is 6.35. The minimum atomic E-state index is -4.59. The molecule has 0 radical (unpaired) electrons. The molecule has 0 aromatic heterocycles. The quantitative estimate of drug-likeness (QED) is 0.320. The smallest absolute Gasteiger partial charge is 0.366 e. The molecule has 2 nitrogen and oxygen atoms in total. The second-order valence-corrected chi connectivity index (χ2v) is 6.51. The Morgan fingerprint density at radius 1 is 1.08 bits per heavy atom. The van der Waals surface area contributed by atoms with Crippen molar-refractivity contribution in [2.75, 3.05) is 13.6 Å². The molecule has 0 aliphatic rings. The second kappa shape index (κ2) is 8.27. The van der Waals surface area contributed by atoms with Crippen molar-refractivity contribution >= 4 is 35.2 Å². The van der Waals surface area contributed by atoms with E-state index in [0.29, 0.717) is 27.4 Å². The van der Waals surface area contributed by atoms with Crippen LogP contribution in [0.5, 0.6) is 0 Å². The Kier molecular flexibility index (Phi) is 6.53. The summed E-state index contributed by atoms with van der Waals surface area (Å²) in [6, 6.07) is 5.50. The second-order valence-electron chi connectivity index (χ2n) is 5.69. The lowest BCUT2D eigenvalue weighted by atomic mass is 10.0. The standard InChI is InChI=1S/C18H16Cl2F4N2/c1-3-26(2)10-25-17-9-14(19)12(7-15(17)20)6-11-4-5-13(8-16(11)21)18(22,23)24/h4-5,7-10H,3,6H2,1-2H3. The van der Waals surface area contributed by atoms with E-state index in [-0.39, 0.29) is 12.0 Å². The molecule has 0 saturated heterocycles. The van der Waals surface area contributed by atoms with Crippen LogP contribution in [0.15, 0.2) is 35.3 Å². The summed E-state index contributed by atoms with van der Waals surface area (Å²) >= 11 is 12.4. The molecular weight excluding hydrogens is 391 g/mol. The molecule has 8 heteroatoms. The minimum absolute atomic E-state index is 0.0153. The first-order valence-electron chi connectivity index (χ1n) is 7.69. The molecule has 0 fully saturated rings. The summed E-state index contributed by atoms with van der Waals surface area (Å²) in [5.74, 6) is -0.946. The van der Waals surface area contributed by atoms with Gasteiger partial charge < -0.3 is 4.90 Å². The van der Waals surface area contributed by atoms with Gasteiger partial charge in [0.05, 0.1) is 22.6 Å². The Morgan fingerprint density at radius 3 is 2.35 bits per heavy atom. The van der Waals surface area contributed by atoms with Gasteiger partial charge in [-0.05, 0) is 42.3 Å². The van der Waals surface area contributed by atoms with E-state index in [9.17, 15) is 17.6 Å². The van der Waals surface area contributed by atoms with E-state index in [1.54, 1.807) is 18.5 Å². The summed E-state index contributed by atoms with van der Waals surface area (Å²) in [6.07, 6.45) is -2.97. The molecule has 0 spiro atoms.